The van der Waals surface area contributed by atoms with E-state index in [1.165, 1.54) is 0 Å². The topological polar surface area (TPSA) is 20.3 Å². The van der Waals surface area contributed by atoms with E-state index in [1.54, 1.807) is 6.92 Å². The van der Waals surface area contributed by atoms with Crippen molar-refractivity contribution in [1.29, 1.82) is 0 Å². The highest BCUT2D eigenvalue weighted by atomic mass is 16.2. The van der Waals surface area contributed by atoms with Gasteiger partial charge in [-0.3, -0.25) is 4.79 Å². The van der Waals surface area contributed by atoms with Crippen LogP contribution in [0.15, 0.2) is 0 Å². The lowest BCUT2D eigenvalue weighted by molar-refractivity contribution is -0.134. The van der Waals surface area contributed by atoms with Crippen molar-refractivity contribution in [3.63, 3.8) is 0 Å². The molecule has 74 valence electrons. The molecule has 13 heavy (non-hydrogen) atoms. The summed E-state index contributed by atoms with van der Waals surface area (Å²) in [6.45, 7) is 10.3. The highest BCUT2D eigenvalue weighted by molar-refractivity contribution is 5.76. The molecule has 0 aromatic rings. The van der Waals surface area contributed by atoms with Crippen molar-refractivity contribution in [2.45, 2.75) is 46.6 Å². The SMILES string of the molecule is CC#CCN(C(=O)CC)C(C)(C)C. The Morgan fingerprint density at radius 1 is 1.38 bits per heavy atom. The standard InChI is InChI=1S/C11H19NO/c1-6-8-9-12(10(13)7-2)11(3,4)5/h7,9H2,1-5H3. The van der Waals surface area contributed by atoms with Crippen LogP contribution in [0.3, 0.4) is 0 Å². The van der Waals surface area contributed by atoms with Crippen molar-refractivity contribution in [3.05, 3.63) is 0 Å². The first kappa shape index (κ1) is 12.0. The fourth-order valence-electron chi connectivity index (χ4n) is 1.05. The van der Waals surface area contributed by atoms with Crippen LogP contribution in [0.4, 0.5) is 0 Å². The normalized spacial score (nSPS) is 10.2. The molecular formula is C11H19NO. The molecule has 0 unspecified atom stereocenters. The van der Waals surface area contributed by atoms with E-state index in [2.05, 4.69) is 11.8 Å². The van der Waals surface area contributed by atoms with Gasteiger partial charge in [0.25, 0.3) is 0 Å². The minimum absolute atomic E-state index is 0.128. The van der Waals surface area contributed by atoms with E-state index in [0.717, 1.165) is 0 Å². The first-order valence-corrected chi connectivity index (χ1v) is 4.63. The minimum atomic E-state index is -0.128. The quantitative estimate of drug-likeness (QED) is 0.597. The first-order chi connectivity index (χ1) is 5.93. The van der Waals surface area contributed by atoms with Crippen LogP contribution < -0.4 is 0 Å². The second-order valence-corrected chi connectivity index (χ2v) is 3.93. The van der Waals surface area contributed by atoms with Crippen LogP contribution in [0, 0.1) is 11.8 Å². The highest BCUT2D eigenvalue weighted by Crippen LogP contribution is 2.13. The maximum absolute atomic E-state index is 11.5. The monoisotopic (exact) mass is 181 g/mol. The molecule has 0 heterocycles. The molecule has 1 amide bonds. The molecular weight excluding hydrogens is 162 g/mol. The summed E-state index contributed by atoms with van der Waals surface area (Å²) in [6.07, 6.45) is 0.544. The number of rotatable bonds is 2. The predicted octanol–water partition coefficient (Wildman–Crippen LogP) is 2.05. The summed E-state index contributed by atoms with van der Waals surface area (Å²) in [7, 11) is 0. The lowest BCUT2D eigenvalue weighted by Gasteiger charge is -2.34. The van der Waals surface area contributed by atoms with Gasteiger partial charge in [0.2, 0.25) is 5.91 Å². The van der Waals surface area contributed by atoms with Crippen LogP contribution in [0.25, 0.3) is 0 Å². The van der Waals surface area contributed by atoms with E-state index in [4.69, 9.17) is 0 Å². The van der Waals surface area contributed by atoms with Gasteiger partial charge in [-0.05, 0) is 27.7 Å². The van der Waals surface area contributed by atoms with Gasteiger partial charge < -0.3 is 4.90 Å². The summed E-state index contributed by atoms with van der Waals surface area (Å²) in [6, 6.07) is 0. The summed E-state index contributed by atoms with van der Waals surface area (Å²) >= 11 is 0. The van der Waals surface area contributed by atoms with Crippen molar-refractivity contribution < 1.29 is 4.79 Å². The third-order valence-corrected chi connectivity index (χ3v) is 1.83. The van der Waals surface area contributed by atoms with Gasteiger partial charge in [0, 0.05) is 12.0 Å². The Morgan fingerprint density at radius 2 is 1.92 bits per heavy atom. The van der Waals surface area contributed by atoms with Gasteiger partial charge in [-0.25, -0.2) is 0 Å². The second-order valence-electron chi connectivity index (χ2n) is 3.93. The van der Waals surface area contributed by atoms with E-state index in [1.807, 2.05) is 32.6 Å². The van der Waals surface area contributed by atoms with E-state index in [9.17, 15) is 4.79 Å². The molecule has 2 nitrogen and oxygen atoms in total. The van der Waals surface area contributed by atoms with Gasteiger partial charge in [-0.15, -0.1) is 5.92 Å². The number of carbonyl (C=O) groups excluding carboxylic acids is 1. The average Bonchev–Trinajstić information content (AvgIpc) is 2.02. The molecule has 0 atom stereocenters. The van der Waals surface area contributed by atoms with Crippen molar-refractivity contribution in [2.24, 2.45) is 0 Å². The number of nitrogens with zero attached hydrogens (tertiary/aromatic N) is 1. The Hall–Kier alpha value is -0.970. The average molecular weight is 181 g/mol. The highest BCUT2D eigenvalue weighted by Gasteiger charge is 2.23. The largest absolute Gasteiger partial charge is 0.327 e. The fraction of sp³-hybridized carbons (Fsp3) is 0.727. The molecule has 0 aliphatic carbocycles. The Kier molecular flexibility index (Phi) is 4.55. The smallest absolute Gasteiger partial charge is 0.223 e. The zero-order valence-corrected chi connectivity index (χ0v) is 9.27. The van der Waals surface area contributed by atoms with Crippen LogP contribution in [-0.4, -0.2) is 22.9 Å². The zero-order chi connectivity index (χ0) is 10.5. The summed E-state index contributed by atoms with van der Waals surface area (Å²) < 4.78 is 0. The van der Waals surface area contributed by atoms with Crippen LogP contribution in [0.1, 0.15) is 41.0 Å². The van der Waals surface area contributed by atoms with Crippen LogP contribution in [0.2, 0.25) is 0 Å². The predicted molar refractivity (Wildman–Crippen MR) is 55.2 cm³/mol. The molecule has 0 aromatic heterocycles. The van der Waals surface area contributed by atoms with Gasteiger partial charge in [0.15, 0.2) is 0 Å². The fourth-order valence-corrected chi connectivity index (χ4v) is 1.05. The number of hydrogen-bond donors (Lipinski definition) is 0. The number of amides is 1. The molecule has 0 fully saturated rings. The molecule has 0 aromatic carbocycles. The van der Waals surface area contributed by atoms with Crippen molar-refractivity contribution >= 4 is 5.91 Å². The lowest BCUT2D eigenvalue weighted by Crippen LogP contribution is -2.45. The molecule has 0 spiro atoms. The Balaban J connectivity index is 4.52. The van der Waals surface area contributed by atoms with E-state index in [0.29, 0.717) is 13.0 Å². The first-order valence-electron chi connectivity index (χ1n) is 4.63. The van der Waals surface area contributed by atoms with Crippen molar-refractivity contribution in [3.8, 4) is 11.8 Å². The molecule has 0 N–H and O–H groups in total. The van der Waals surface area contributed by atoms with Crippen LogP contribution in [0.5, 0.6) is 0 Å². The molecule has 0 saturated heterocycles. The van der Waals surface area contributed by atoms with Gasteiger partial charge in [0.05, 0.1) is 6.54 Å². The van der Waals surface area contributed by atoms with Crippen molar-refractivity contribution in [1.82, 2.24) is 4.90 Å². The molecule has 0 saturated carbocycles. The zero-order valence-electron chi connectivity index (χ0n) is 9.27. The van der Waals surface area contributed by atoms with Gasteiger partial charge in [-0.2, -0.15) is 0 Å². The van der Waals surface area contributed by atoms with Gasteiger partial charge in [-0.1, -0.05) is 12.8 Å². The molecule has 0 radical (unpaired) electrons. The number of carbonyl (C=O) groups is 1. The Morgan fingerprint density at radius 3 is 2.23 bits per heavy atom. The molecule has 2 heteroatoms. The minimum Gasteiger partial charge on any atom is -0.327 e. The summed E-state index contributed by atoms with van der Waals surface area (Å²) in [4.78, 5) is 13.3. The summed E-state index contributed by atoms with van der Waals surface area (Å²) in [5, 5.41) is 0. The van der Waals surface area contributed by atoms with Crippen molar-refractivity contribution in [2.75, 3.05) is 6.54 Å². The van der Waals surface area contributed by atoms with Gasteiger partial charge >= 0.3 is 0 Å². The summed E-state index contributed by atoms with van der Waals surface area (Å²) in [5.74, 6) is 5.89. The molecule has 0 rings (SSSR count). The summed E-state index contributed by atoms with van der Waals surface area (Å²) in [5.41, 5.74) is -0.128. The third-order valence-electron chi connectivity index (χ3n) is 1.83. The Labute approximate surface area is 81.3 Å². The maximum atomic E-state index is 11.5. The van der Waals surface area contributed by atoms with Gasteiger partial charge in [0.1, 0.15) is 0 Å². The van der Waals surface area contributed by atoms with Crippen LogP contribution in [-0.2, 0) is 4.79 Å². The third kappa shape index (κ3) is 3.98. The van der Waals surface area contributed by atoms with E-state index >= 15 is 0 Å². The lowest BCUT2D eigenvalue weighted by atomic mass is 10.1. The van der Waals surface area contributed by atoms with E-state index < -0.39 is 0 Å². The number of hydrogen-bond acceptors (Lipinski definition) is 1. The van der Waals surface area contributed by atoms with E-state index in [-0.39, 0.29) is 11.4 Å². The molecule has 0 aliphatic heterocycles. The van der Waals surface area contributed by atoms with Crippen LogP contribution >= 0.6 is 0 Å². The second kappa shape index (κ2) is 4.91. The Bertz CT molecular complexity index is 227. The maximum Gasteiger partial charge on any atom is 0.223 e. The molecule has 0 aliphatic rings. The molecule has 0 bridgehead atoms.